The van der Waals surface area contributed by atoms with Crippen LogP contribution in [0.25, 0.3) is 11.3 Å². The SMILES string of the molecule is O=C(COCc1cc(-c2ccc3c(c2)OCO3)on1)N1CCOCC1. The summed E-state index contributed by atoms with van der Waals surface area (Å²) >= 11 is 0. The molecule has 0 aliphatic carbocycles. The number of hydrogen-bond acceptors (Lipinski definition) is 7. The molecule has 8 heteroatoms. The zero-order chi connectivity index (χ0) is 17.1. The number of amides is 1. The molecular weight excluding hydrogens is 328 g/mol. The number of fused-ring (bicyclic) bond motifs is 1. The maximum Gasteiger partial charge on any atom is 0.248 e. The molecule has 1 saturated heterocycles. The number of nitrogens with zero attached hydrogens (tertiary/aromatic N) is 2. The highest BCUT2D eigenvalue weighted by molar-refractivity contribution is 5.77. The van der Waals surface area contributed by atoms with Gasteiger partial charge in [-0.05, 0) is 18.2 Å². The molecule has 0 radical (unpaired) electrons. The summed E-state index contributed by atoms with van der Waals surface area (Å²) in [4.78, 5) is 13.7. The zero-order valence-corrected chi connectivity index (χ0v) is 13.6. The Bertz CT molecular complexity index is 753. The van der Waals surface area contributed by atoms with E-state index in [1.807, 2.05) is 18.2 Å². The molecule has 1 aromatic carbocycles. The van der Waals surface area contributed by atoms with E-state index in [2.05, 4.69) is 5.16 Å². The Kier molecular flexibility index (Phi) is 4.53. The van der Waals surface area contributed by atoms with E-state index < -0.39 is 0 Å². The average Bonchev–Trinajstić information content (AvgIpc) is 3.31. The molecule has 25 heavy (non-hydrogen) atoms. The first-order valence-electron chi connectivity index (χ1n) is 8.08. The standard InChI is InChI=1S/C17H18N2O6/c20-17(19-3-5-21-6-4-19)10-22-9-13-8-15(25-18-13)12-1-2-14-16(7-12)24-11-23-14/h1-2,7-8H,3-6,9-11H2. The molecule has 1 amide bonds. The van der Waals surface area contributed by atoms with Crippen molar-refractivity contribution < 1.29 is 28.3 Å². The summed E-state index contributed by atoms with van der Waals surface area (Å²) in [6.07, 6.45) is 0. The predicted octanol–water partition coefficient (Wildman–Crippen LogP) is 1.45. The number of ether oxygens (including phenoxy) is 4. The van der Waals surface area contributed by atoms with E-state index in [0.29, 0.717) is 49.3 Å². The van der Waals surface area contributed by atoms with Crippen molar-refractivity contribution in [1.29, 1.82) is 0 Å². The van der Waals surface area contributed by atoms with Gasteiger partial charge in [0.1, 0.15) is 12.3 Å². The lowest BCUT2D eigenvalue weighted by Gasteiger charge is -2.26. The van der Waals surface area contributed by atoms with Crippen LogP contribution in [0.15, 0.2) is 28.8 Å². The van der Waals surface area contributed by atoms with Gasteiger partial charge in [0.05, 0.1) is 19.8 Å². The van der Waals surface area contributed by atoms with Gasteiger partial charge in [-0.25, -0.2) is 0 Å². The third-order valence-electron chi connectivity index (χ3n) is 4.06. The fourth-order valence-corrected chi connectivity index (χ4v) is 2.71. The molecule has 1 fully saturated rings. The molecule has 1 aromatic heterocycles. The van der Waals surface area contributed by atoms with Crippen molar-refractivity contribution in [3.8, 4) is 22.8 Å². The molecule has 2 aliphatic rings. The number of hydrogen-bond donors (Lipinski definition) is 0. The van der Waals surface area contributed by atoms with E-state index in [4.69, 9.17) is 23.5 Å². The molecule has 0 spiro atoms. The Balaban J connectivity index is 1.31. The lowest BCUT2D eigenvalue weighted by atomic mass is 10.1. The summed E-state index contributed by atoms with van der Waals surface area (Å²) in [7, 11) is 0. The second-order valence-electron chi connectivity index (χ2n) is 5.74. The smallest absolute Gasteiger partial charge is 0.248 e. The van der Waals surface area contributed by atoms with Crippen molar-refractivity contribution in [2.45, 2.75) is 6.61 Å². The summed E-state index contributed by atoms with van der Waals surface area (Å²) in [6, 6.07) is 7.34. The molecule has 0 bridgehead atoms. The van der Waals surface area contributed by atoms with Gasteiger partial charge in [-0.3, -0.25) is 4.79 Å². The first-order chi connectivity index (χ1) is 12.3. The van der Waals surface area contributed by atoms with Crippen LogP contribution >= 0.6 is 0 Å². The highest BCUT2D eigenvalue weighted by atomic mass is 16.7. The van der Waals surface area contributed by atoms with Crippen LogP contribution in [0, 0.1) is 0 Å². The van der Waals surface area contributed by atoms with Crippen LogP contribution < -0.4 is 9.47 Å². The van der Waals surface area contributed by atoms with E-state index in [0.717, 1.165) is 5.56 Å². The molecule has 132 valence electrons. The highest BCUT2D eigenvalue weighted by Gasteiger charge is 2.18. The number of carbonyl (C=O) groups excluding carboxylic acids is 1. The third kappa shape index (κ3) is 3.59. The molecule has 8 nitrogen and oxygen atoms in total. The van der Waals surface area contributed by atoms with E-state index in [1.54, 1.807) is 11.0 Å². The maximum absolute atomic E-state index is 12.0. The minimum Gasteiger partial charge on any atom is -0.454 e. The number of benzene rings is 1. The second-order valence-corrected chi connectivity index (χ2v) is 5.74. The minimum atomic E-state index is -0.0391. The summed E-state index contributed by atoms with van der Waals surface area (Å²) in [6.45, 7) is 2.84. The Hall–Kier alpha value is -2.58. The number of morpholine rings is 1. The Morgan fingerprint density at radius 1 is 1.16 bits per heavy atom. The summed E-state index contributed by atoms with van der Waals surface area (Å²) in [5.41, 5.74) is 1.47. The van der Waals surface area contributed by atoms with Crippen molar-refractivity contribution >= 4 is 5.91 Å². The lowest BCUT2D eigenvalue weighted by molar-refractivity contribution is -0.140. The van der Waals surface area contributed by atoms with Crippen LogP contribution in [-0.2, 0) is 20.9 Å². The molecule has 0 unspecified atom stereocenters. The van der Waals surface area contributed by atoms with Crippen molar-refractivity contribution in [1.82, 2.24) is 10.1 Å². The topological polar surface area (TPSA) is 83.3 Å². The molecule has 0 atom stereocenters. The van der Waals surface area contributed by atoms with Crippen LogP contribution in [0.5, 0.6) is 11.5 Å². The van der Waals surface area contributed by atoms with Crippen LogP contribution in [0.4, 0.5) is 0 Å². The van der Waals surface area contributed by atoms with Gasteiger partial charge in [0.15, 0.2) is 17.3 Å². The lowest BCUT2D eigenvalue weighted by Crippen LogP contribution is -2.42. The quantitative estimate of drug-likeness (QED) is 0.810. The van der Waals surface area contributed by atoms with Gasteiger partial charge in [-0.1, -0.05) is 5.16 Å². The first kappa shape index (κ1) is 15.9. The Morgan fingerprint density at radius 2 is 2.00 bits per heavy atom. The number of aromatic nitrogens is 1. The Labute approximate surface area is 144 Å². The zero-order valence-electron chi connectivity index (χ0n) is 13.6. The molecule has 2 aromatic rings. The molecule has 4 rings (SSSR count). The van der Waals surface area contributed by atoms with Crippen LogP contribution in [0.1, 0.15) is 5.69 Å². The molecule has 0 saturated carbocycles. The number of rotatable bonds is 5. The van der Waals surface area contributed by atoms with Gasteiger partial charge in [0.25, 0.3) is 0 Å². The molecule has 2 aliphatic heterocycles. The van der Waals surface area contributed by atoms with Gasteiger partial charge >= 0.3 is 0 Å². The van der Waals surface area contributed by atoms with Crippen LogP contribution in [-0.4, -0.2) is 55.7 Å². The largest absolute Gasteiger partial charge is 0.454 e. The summed E-state index contributed by atoms with van der Waals surface area (Å²) in [5, 5.41) is 3.98. The fraction of sp³-hybridized carbons (Fsp3) is 0.412. The number of carbonyl (C=O) groups is 1. The monoisotopic (exact) mass is 346 g/mol. The summed E-state index contributed by atoms with van der Waals surface area (Å²) in [5.74, 6) is 1.97. The van der Waals surface area contributed by atoms with Gasteiger partial charge in [0.2, 0.25) is 12.7 Å². The molecule has 3 heterocycles. The molecule has 0 N–H and O–H groups in total. The van der Waals surface area contributed by atoms with Gasteiger partial charge in [-0.2, -0.15) is 0 Å². The van der Waals surface area contributed by atoms with Crippen molar-refractivity contribution in [3.05, 3.63) is 30.0 Å². The van der Waals surface area contributed by atoms with E-state index in [-0.39, 0.29) is 25.9 Å². The normalized spacial score (nSPS) is 16.2. The second kappa shape index (κ2) is 7.12. The van der Waals surface area contributed by atoms with Gasteiger partial charge in [-0.15, -0.1) is 0 Å². The molecular formula is C17H18N2O6. The van der Waals surface area contributed by atoms with Gasteiger partial charge in [0, 0.05) is 24.7 Å². The van der Waals surface area contributed by atoms with Crippen LogP contribution in [0.3, 0.4) is 0 Å². The van der Waals surface area contributed by atoms with Gasteiger partial charge < -0.3 is 28.4 Å². The Morgan fingerprint density at radius 3 is 2.88 bits per heavy atom. The van der Waals surface area contributed by atoms with E-state index in [9.17, 15) is 4.79 Å². The summed E-state index contributed by atoms with van der Waals surface area (Å²) < 4.78 is 26.7. The third-order valence-corrected chi connectivity index (χ3v) is 4.06. The average molecular weight is 346 g/mol. The minimum absolute atomic E-state index is 0.0201. The first-order valence-corrected chi connectivity index (χ1v) is 8.08. The van der Waals surface area contributed by atoms with Crippen molar-refractivity contribution in [2.24, 2.45) is 0 Å². The fourth-order valence-electron chi connectivity index (χ4n) is 2.71. The van der Waals surface area contributed by atoms with Crippen molar-refractivity contribution in [2.75, 3.05) is 39.7 Å². The maximum atomic E-state index is 12.0. The van der Waals surface area contributed by atoms with E-state index >= 15 is 0 Å². The highest BCUT2D eigenvalue weighted by Crippen LogP contribution is 2.36. The van der Waals surface area contributed by atoms with Crippen LogP contribution in [0.2, 0.25) is 0 Å². The van der Waals surface area contributed by atoms with Crippen molar-refractivity contribution in [3.63, 3.8) is 0 Å². The van der Waals surface area contributed by atoms with E-state index in [1.165, 1.54) is 0 Å². The predicted molar refractivity (Wildman–Crippen MR) is 85.1 cm³/mol.